The zero-order chi connectivity index (χ0) is 14.1. The van der Waals surface area contributed by atoms with E-state index in [1.807, 2.05) is 6.92 Å². The van der Waals surface area contributed by atoms with Gasteiger partial charge in [0.25, 0.3) is 0 Å². The van der Waals surface area contributed by atoms with E-state index in [0.29, 0.717) is 12.6 Å². The van der Waals surface area contributed by atoms with Gasteiger partial charge in [0.2, 0.25) is 0 Å². The van der Waals surface area contributed by atoms with Crippen LogP contribution in [0.5, 0.6) is 0 Å². The summed E-state index contributed by atoms with van der Waals surface area (Å²) in [4.78, 5) is 14.4. The SMILES string of the molecule is CCCNCC1CCCCN1C(CC)C(=O)OCC. The molecule has 0 amide bonds. The van der Waals surface area contributed by atoms with Crippen molar-refractivity contribution < 1.29 is 9.53 Å². The highest BCUT2D eigenvalue weighted by Crippen LogP contribution is 2.21. The Balaban J connectivity index is 2.59. The molecule has 0 radical (unpaired) electrons. The highest BCUT2D eigenvalue weighted by Gasteiger charge is 2.32. The molecule has 2 atom stereocenters. The van der Waals surface area contributed by atoms with Crippen LogP contribution >= 0.6 is 0 Å². The molecule has 0 spiro atoms. The van der Waals surface area contributed by atoms with Gasteiger partial charge in [0.1, 0.15) is 6.04 Å². The van der Waals surface area contributed by atoms with Crippen molar-refractivity contribution in [2.75, 3.05) is 26.2 Å². The number of esters is 1. The minimum atomic E-state index is -0.0614. The summed E-state index contributed by atoms with van der Waals surface area (Å²) >= 11 is 0. The van der Waals surface area contributed by atoms with Gasteiger partial charge < -0.3 is 10.1 Å². The lowest BCUT2D eigenvalue weighted by Crippen LogP contribution is -2.53. The van der Waals surface area contributed by atoms with Gasteiger partial charge in [-0.15, -0.1) is 0 Å². The maximum absolute atomic E-state index is 12.1. The van der Waals surface area contributed by atoms with Gasteiger partial charge in [-0.1, -0.05) is 20.3 Å². The Morgan fingerprint density at radius 1 is 1.37 bits per heavy atom. The van der Waals surface area contributed by atoms with E-state index in [0.717, 1.165) is 32.5 Å². The number of hydrogen-bond donors (Lipinski definition) is 1. The second-order valence-corrected chi connectivity index (χ2v) is 5.27. The first-order valence-electron chi connectivity index (χ1n) is 7.87. The second-order valence-electron chi connectivity index (χ2n) is 5.27. The molecule has 1 rings (SSSR count). The van der Waals surface area contributed by atoms with Crippen LogP contribution in [-0.4, -0.2) is 49.2 Å². The summed E-state index contributed by atoms with van der Waals surface area (Å²) in [5.41, 5.74) is 0. The number of likely N-dealkylation sites (tertiary alicyclic amines) is 1. The van der Waals surface area contributed by atoms with Gasteiger partial charge in [-0.25, -0.2) is 0 Å². The number of hydrogen-bond acceptors (Lipinski definition) is 4. The molecule has 19 heavy (non-hydrogen) atoms. The van der Waals surface area contributed by atoms with Crippen LogP contribution < -0.4 is 5.32 Å². The number of rotatable bonds is 8. The van der Waals surface area contributed by atoms with Crippen molar-refractivity contribution in [3.05, 3.63) is 0 Å². The third-order valence-corrected chi connectivity index (χ3v) is 3.83. The normalized spacial score (nSPS) is 22.2. The van der Waals surface area contributed by atoms with E-state index in [1.165, 1.54) is 19.3 Å². The predicted octanol–water partition coefficient (Wildman–Crippen LogP) is 2.18. The van der Waals surface area contributed by atoms with Gasteiger partial charge in [-0.2, -0.15) is 0 Å². The number of nitrogens with zero attached hydrogens (tertiary/aromatic N) is 1. The molecule has 0 aliphatic carbocycles. The zero-order valence-electron chi connectivity index (χ0n) is 12.8. The fourth-order valence-electron chi connectivity index (χ4n) is 2.87. The molecular weight excluding hydrogens is 240 g/mol. The monoisotopic (exact) mass is 270 g/mol. The molecule has 1 aliphatic rings. The summed E-state index contributed by atoms with van der Waals surface area (Å²) < 4.78 is 5.22. The summed E-state index contributed by atoms with van der Waals surface area (Å²) in [5.74, 6) is -0.0487. The standard InChI is InChI=1S/C15H30N2O2/c1-4-10-16-12-13-9-7-8-11-17(13)14(5-2)15(18)19-6-3/h13-14,16H,4-12H2,1-3H3. The molecule has 0 saturated carbocycles. The summed E-state index contributed by atoms with van der Waals surface area (Å²) in [6.07, 6.45) is 5.64. The molecule has 0 aromatic rings. The third-order valence-electron chi connectivity index (χ3n) is 3.83. The molecule has 112 valence electrons. The maximum Gasteiger partial charge on any atom is 0.323 e. The topological polar surface area (TPSA) is 41.6 Å². The van der Waals surface area contributed by atoms with Gasteiger partial charge in [0.15, 0.2) is 0 Å². The Bertz CT molecular complexity index is 259. The van der Waals surface area contributed by atoms with Gasteiger partial charge in [-0.05, 0) is 45.7 Å². The summed E-state index contributed by atoms with van der Waals surface area (Å²) in [5, 5.41) is 3.49. The largest absolute Gasteiger partial charge is 0.465 e. The van der Waals surface area contributed by atoms with Crippen molar-refractivity contribution in [2.24, 2.45) is 0 Å². The average molecular weight is 270 g/mol. The Hall–Kier alpha value is -0.610. The molecule has 0 bridgehead atoms. The van der Waals surface area contributed by atoms with Crippen LogP contribution in [0.3, 0.4) is 0 Å². The smallest absolute Gasteiger partial charge is 0.323 e. The molecule has 1 N–H and O–H groups in total. The fourth-order valence-corrected chi connectivity index (χ4v) is 2.87. The quantitative estimate of drug-likeness (QED) is 0.542. The summed E-state index contributed by atoms with van der Waals surface area (Å²) in [7, 11) is 0. The predicted molar refractivity (Wildman–Crippen MR) is 78.2 cm³/mol. The number of carbonyl (C=O) groups is 1. The molecule has 0 aromatic heterocycles. The third kappa shape index (κ3) is 5.11. The van der Waals surface area contributed by atoms with E-state index >= 15 is 0 Å². The molecule has 1 aliphatic heterocycles. The Labute approximate surface area is 117 Å². The van der Waals surface area contributed by atoms with Crippen LogP contribution in [0.2, 0.25) is 0 Å². The Morgan fingerprint density at radius 3 is 2.79 bits per heavy atom. The van der Waals surface area contributed by atoms with Gasteiger partial charge in [0, 0.05) is 12.6 Å². The first-order chi connectivity index (χ1) is 9.24. The summed E-state index contributed by atoms with van der Waals surface area (Å²) in [6, 6.07) is 0.420. The van der Waals surface area contributed by atoms with Crippen LogP contribution in [0.15, 0.2) is 0 Å². The second kappa shape index (κ2) is 9.32. The van der Waals surface area contributed by atoms with Gasteiger partial charge in [-0.3, -0.25) is 9.69 Å². The van der Waals surface area contributed by atoms with Crippen molar-refractivity contribution in [1.82, 2.24) is 10.2 Å². The van der Waals surface area contributed by atoms with Crippen LogP contribution in [-0.2, 0) is 9.53 Å². The number of nitrogens with one attached hydrogen (secondary N) is 1. The number of ether oxygens (including phenoxy) is 1. The van der Waals surface area contributed by atoms with E-state index in [-0.39, 0.29) is 12.0 Å². The van der Waals surface area contributed by atoms with Crippen LogP contribution in [0.4, 0.5) is 0 Å². The highest BCUT2D eigenvalue weighted by atomic mass is 16.5. The van der Waals surface area contributed by atoms with Crippen molar-refractivity contribution in [3.8, 4) is 0 Å². The molecule has 1 fully saturated rings. The van der Waals surface area contributed by atoms with Gasteiger partial charge in [0.05, 0.1) is 6.61 Å². The molecule has 0 aromatic carbocycles. The zero-order valence-corrected chi connectivity index (χ0v) is 12.8. The minimum Gasteiger partial charge on any atom is -0.465 e. The lowest BCUT2D eigenvalue weighted by atomic mass is 9.98. The summed E-state index contributed by atoms with van der Waals surface area (Å²) in [6.45, 7) is 9.68. The van der Waals surface area contributed by atoms with E-state index in [9.17, 15) is 4.79 Å². The van der Waals surface area contributed by atoms with Gasteiger partial charge >= 0.3 is 5.97 Å². The maximum atomic E-state index is 12.1. The van der Waals surface area contributed by atoms with Crippen LogP contribution in [0, 0.1) is 0 Å². The molecule has 2 unspecified atom stereocenters. The first kappa shape index (κ1) is 16.4. The number of carbonyl (C=O) groups excluding carboxylic acids is 1. The van der Waals surface area contributed by atoms with Crippen molar-refractivity contribution >= 4 is 5.97 Å². The Kier molecular flexibility index (Phi) is 8.07. The molecule has 1 heterocycles. The lowest BCUT2D eigenvalue weighted by Gasteiger charge is -2.40. The first-order valence-corrected chi connectivity index (χ1v) is 7.87. The average Bonchev–Trinajstić information content (AvgIpc) is 2.42. The highest BCUT2D eigenvalue weighted by molar-refractivity contribution is 5.75. The van der Waals surface area contributed by atoms with Crippen LogP contribution in [0.25, 0.3) is 0 Å². The molecule has 4 nitrogen and oxygen atoms in total. The fraction of sp³-hybridized carbons (Fsp3) is 0.933. The molecule has 1 saturated heterocycles. The molecular formula is C15H30N2O2. The van der Waals surface area contributed by atoms with Crippen LogP contribution in [0.1, 0.15) is 52.9 Å². The van der Waals surface area contributed by atoms with E-state index in [4.69, 9.17) is 4.74 Å². The minimum absolute atomic E-state index is 0.0487. The van der Waals surface area contributed by atoms with E-state index in [1.54, 1.807) is 0 Å². The van der Waals surface area contributed by atoms with Crippen molar-refractivity contribution in [3.63, 3.8) is 0 Å². The Morgan fingerprint density at radius 2 is 2.16 bits per heavy atom. The molecule has 4 heteroatoms. The van der Waals surface area contributed by atoms with Crippen molar-refractivity contribution in [2.45, 2.75) is 65.0 Å². The van der Waals surface area contributed by atoms with Crippen molar-refractivity contribution in [1.29, 1.82) is 0 Å². The van der Waals surface area contributed by atoms with E-state index in [2.05, 4.69) is 24.1 Å². The lowest BCUT2D eigenvalue weighted by molar-refractivity contribution is -0.151. The van der Waals surface area contributed by atoms with E-state index < -0.39 is 0 Å². The number of piperidine rings is 1.